The van der Waals surface area contributed by atoms with E-state index in [1.165, 1.54) is 16.7 Å². The Morgan fingerprint density at radius 3 is 2.64 bits per heavy atom. The van der Waals surface area contributed by atoms with Crippen molar-refractivity contribution in [3.05, 3.63) is 0 Å². The third-order valence-corrected chi connectivity index (χ3v) is 4.40. The Bertz CT molecular complexity index is 239. The summed E-state index contributed by atoms with van der Waals surface area (Å²) in [4.78, 5) is 24.3. The van der Waals surface area contributed by atoms with Gasteiger partial charge in [0.1, 0.15) is 0 Å². The van der Waals surface area contributed by atoms with Crippen molar-refractivity contribution in [1.82, 2.24) is 4.90 Å². The van der Waals surface area contributed by atoms with Crippen LogP contribution in [0.3, 0.4) is 0 Å². The van der Waals surface area contributed by atoms with E-state index in [-0.39, 0.29) is 16.6 Å². The molecule has 1 aliphatic rings. The van der Waals surface area contributed by atoms with Crippen LogP contribution >= 0.6 is 27.7 Å². The van der Waals surface area contributed by atoms with Gasteiger partial charge < -0.3 is 0 Å². The number of alkyl halides is 1. The highest BCUT2D eigenvalue weighted by atomic mass is 79.9. The first-order chi connectivity index (χ1) is 6.46. The fourth-order valence-corrected chi connectivity index (χ4v) is 2.11. The predicted molar refractivity (Wildman–Crippen MR) is 61.8 cm³/mol. The number of carbonyl (C=O) groups is 2. The van der Waals surface area contributed by atoms with Crippen LogP contribution in [0.1, 0.15) is 20.3 Å². The molecule has 0 aromatic rings. The summed E-state index contributed by atoms with van der Waals surface area (Å²) in [5, 5.41) is 0.678. The Balaban J connectivity index is 2.65. The van der Waals surface area contributed by atoms with Gasteiger partial charge in [-0.05, 0) is 5.41 Å². The Hall–Kier alpha value is -0.0300. The molecule has 0 spiro atoms. The van der Waals surface area contributed by atoms with Gasteiger partial charge in [0.15, 0.2) is 0 Å². The summed E-state index contributed by atoms with van der Waals surface area (Å²) in [6.07, 6.45) is 0.481. The Morgan fingerprint density at radius 2 is 2.14 bits per heavy atom. The molecule has 0 aromatic heterocycles. The molecule has 2 amide bonds. The highest BCUT2D eigenvalue weighted by Gasteiger charge is 2.31. The molecule has 0 saturated carbocycles. The Kier molecular flexibility index (Phi) is 4.01. The number of thioether (sulfide) groups is 1. The van der Waals surface area contributed by atoms with Gasteiger partial charge >= 0.3 is 0 Å². The van der Waals surface area contributed by atoms with E-state index in [0.717, 1.165) is 5.33 Å². The lowest BCUT2D eigenvalue weighted by atomic mass is 9.96. The molecule has 80 valence electrons. The van der Waals surface area contributed by atoms with Crippen LogP contribution in [-0.2, 0) is 4.79 Å². The molecule has 0 bridgehead atoms. The van der Waals surface area contributed by atoms with E-state index in [1.807, 2.05) is 13.8 Å². The molecule has 1 aliphatic heterocycles. The summed E-state index contributed by atoms with van der Waals surface area (Å²) in [6, 6.07) is 0. The van der Waals surface area contributed by atoms with Crippen LogP contribution in [-0.4, -0.2) is 33.7 Å². The van der Waals surface area contributed by atoms with Gasteiger partial charge in [-0.25, -0.2) is 0 Å². The molecule has 1 heterocycles. The summed E-state index contributed by atoms with van der Waals surface area (Å²) in [7, 11) is 0. The van der Waals surface area contributed by atoms with Crippen LogP contribution < -0.4 is 0 Å². The van der Waals surface area contributed by atoms with Gasteiger partial charge in [-0.3, -0.25) is 14.5 Å². The quantitative estimate of drug-likeness (QED) is 0.745. The zero-order chi connectivity index (χ0) is 10.8. The van der Waals surface area contributed by atoms with E-state index in [2.05, 4.69) is 15.9 Å². The van der Waals surface area contributed by atoms with Crippen molar-refractivity contribution in [1.29, 1.82) is 0 Å². The number of carbonyl (C=O) groups excluding carboxylic acids is 2. The molecule has 0 atom stereocenters. The zero-order valence-electron chi connectivity index (χ0n) is 8.38. The molecule has 1 fully saturated rings. The highest BCUT2D eigenvalue weighted by Crippen LogP contribution is 2.25. The average Bonchev–Trinajstić information content (AvgIpc) is 2.12. The standard InChI is InChI=1S/C9H14BrNO2S/c1-9(2,5-10)6-11-7(12)3-4-14-8(11)13/h3-6H2,1-2H3. The minimum atomic E-state index is -0.102. The maximum absolute atomic E-state index is 11.5. The number of nitrogens with zero attached hydrogens (tertiary/aromatic N) is 1. The van der Waals surface area contributed by atoms with E-state index in [0.29, 0.717) is 18.7 Å². The molecule has 3 nitrogen and oxygen atoms in total. The average molecular weight is 280 g/mol. The number of rotatable bonds is 3. The number of halogens is 1. The van der Waals surface area contributed by atoms with E-state index in [9.17, 15) is 9.59 Å². The van der Waals surface area contributed by atoms with Crippen LogP contribution in [0.2, 0.25) is 0 Å². The van der Waals surface area contributed by atoms with Gasteiger partial charge in [0.2, 0.25) is 5.91 Å². The molecule has 0 N–H and O–H groups in total. The second-order valence-corrected chi connectivity index (χ2v) is 5.75. The summed E-state index contributed by atoms with van der Waals surface area (Å²) in [5.41, 5.74) is -0.0524. The molecule has 1 rings (SSSR count). The summed E-state index contributed by atoms with van der Waals surface area (Å²) in [6.45, 7) is 4.56. The second kappa shape index (κ2) is 4.66. The lowest BCUT2D eigenvalue weighted by Crippen LogP contribution is -2.44. The third kappa shape index (κ3) is 2.98. The van der Waals surface area contributed by atoms with E-state index >= 15 is 0 Å². The van der Waals surface area contributed by atoms with Crippen molar-refractivity contribution in [2.75, 3.05) is 17.6 Å². The Labute approximate surface area is 96.7 Å². The topological polar surface area (TPSA) is 37.4 Å². The van der Waals surface area contributed by atoms with Crippen LogP contribution in [0.5, 0.6) is 0 Å². The van der Waals surface area contributed by atoms with Crippen molar-refractivity contribution in [3.63, 3.8) is 0 Å². The molecular weight excluding hydrogens is 266 g/mol. The maximum Gasteiger partial charge on any atom is 0.288 e. The first-order valence-corrected chi connectivity index (χ1v) is 6.60. The molecule has 0 aromatic carbocycles. The normalized spacial score (nSPS) is 18.9. The van der Waals surface area contributed by atoms with Gasteiger partial charge in [-0.2, -0.15) is 0 Å². The van der Waals surface area contributed by atoms with Crippen LogP contribution in [0.4, 0.5) is 4.79 Å². The highest BCUT2D eigenvalue weighted by molar-refractivity contribution is 9.09. The molecule has 0 aliphatic carbocycles. The minimum absolute atomic E-state index is 0.0391. The Morgan fingerprint density at radius 1 is 1.50 bits per heavy atom. The van der Waals surface area contributed by atoms with Crippen molar-refractivity contribution in [2.45, 2.75) is 20.3 Å². The van der Waals surface area contributed by atoms with Gasteiger partial charge in [-0.1, -0.05) is 41.5 Å². The monoisotopic (exact) mass is 279 g/mol. The lowest BCUT2D eigenvalue weighted by Gasteiger charge is -2.31. The van der Waals surface area contributed by atoms with Crippen LogP contribution in [0, 0.1) is 5.41 Å². The van der Waals surface area contributed by atoms with Crippen molar-refractivity contribution >= 4 is 38.8 Å². The molecule has 5 heteroatoms. The number of hydrogen-bond acceptors (Lipinski definition) is 3. The number of amides is 2. The maximum atomic E-state index is 11.5. The van der Waals surface area contributed by atoms with Crippen molar-refractivity contribution < 1.29 is 9.59 Å². The SMILES string of the molecule is CC(C)(CBr)CN1C(=O)CCSC1=O. The van der Waals surface area contributed by atoms with Gasteiger partial charge in [-0.15, -0.1) is 0 Å². The fourth-order valence-electron chi connectivity index (χ4n) is 1.16. The first-order valence-electron chi connectivity index (χ1n) is 4.49. The molecular formula is C9H14BrNO2S. The van der Waals surface area contributed by atoms with E-state index < -0.39 is 0 Å². The summed E-state index contributed by atoms with van der Waals surface area (Å²) >= 11 is 4.61. The van der Waals surface area contributed by atoms with Gasteiger partial charge in [0.25, 0.3) is 5.24 Å². The number of imide groups is 1. The second-order valence-electron chi connectivity index (χ2n) is 4.14. The number of hydrogen-bond donors (Lipinski definition) is 0. The summed E-state index contributed by atoms with van der Waals surface area (Å²) in [5.74, 6) is 0.589. The van der Waals surface area contributed by atoms with Gasteiger partial charge in [0, 0.05) is 24.0 Å². The predicted octanol–water partition coefficient (Wildman–Crippen LogP) is 2.49. The van der Waals surface area contributed by atoms with Gasteiger partial charge in [0.05, 0.1) is 0 Å². The van der Waals surface area contributed by atoms with Crippen molar-refractivity contribution in [2.24, 2.45) is 5.41 Å². The van der Waals surface area contributed by atoms with Crippen LogP contribution in [0.15, 0.2) is 0 Å². The lowest BCUT2D eigenvalue weighted by molar-refractivity contribution is -0.128. The van der Waals surface area contributed by atoms with E-state index in [4.69, 9.17) is 0 Å². The fraction of sp³-hybridized carbons (Fsp3) is 0.778. The smallest absolute Gasteiger partial charge is 0.274 e. The molecule has 0 radical (unpaired) electrons. The van der Waals surface area contributed by atoms with E-state index in [1.54, 1.807) is 0 Å². The van der Waals surface area contributed by atoms with Crippen molar-refractivity contribution in [3.8, 4) is 0 Å². The molecule has 0 unspecified atom stereocenters. The van der Waals surface area contributed by atoms with Crippen LogP contribution in [0.25, 0.3) is 0 Å². The minimum Gasteiger partial charge on any atom is -0.274 e. The first kappa shape index (κ1) is 12.0. The third-order valence-electron chi connectivity index (χ3n) is 2.01. The molecule has 14 heavy (non-hydrogen) atoms. The zero-order valence-corrected chi connectivity index (χ0v) is 10.8. The summed E-state index contributed by atoms with van der Waals surface area (Å²) < 4.78 is 0. The largest absolute Gasteiger partial charge is 0.288 e. The molecule has 1 saturated heterocycles.